The molecule has 0 radical (unpaired) electrons. The van der Waals surface area contributed by atoms with Crippen LogP contribution in [0.1, 0.15) is 30.6 Å². The Morgan fingerprint density at radius 2 is 2.22 bits per heavy atom. The molecule has 0 aliphatic carbocycles. The Bertz CT molecular complexity index is 410. The normalized spacial score (nSPS) is 10.7. The molecule has 0 aliphatic rings. The number of benzene rings is 1. The molecule has 0 aliphatic heterocycles. The Hall–Kier alpha value is -0.140. The second kappa shape index (κ2) is 8.12. The molecule has 0 bridgehead atoms. The number of carbonyl (C=O) groups excluding carboxylic acids is 1. The summed E-state index contributed by atoms with van der Waals surface area (Å²) in [5.41, 5.74) is 0.703. The summed E-state index contributed by atoms with van der Waals surface area (Å²) in [4.78, 5) is 11.9. The van der Waals surface area contributed by atoms with E-state index in [1.54, 1.807) is 0 Å². The molecule has 0 spiro atoms. The molecule has 0 fully saturated rings. The maximum atomic E-state index is 11.9. The summed E-state index contributed by atoms with van der Waals surface area (Å²) in [5.74, 6) is -0.0368. The highest BCUT2D eigenvalue weighted by Crippen LogP contribution is 2.18. The molecule has 5 heteroatoms. The van der Waals surface area contributed by atoms with Crippen molar-refractivity contribution in [2.75, 3.05) is 13.2 Å². The summed E-state index contributed by atoms with van der Waals surface area (Å²) in [6.07, 6.45) is 1.07. The van der Waals surface area contributed by atoms with Gasteiger partial charge < -0.3 is 10.1 Å². The van der Waals surface area contributed by atoms with Crippen molar-refractivity contribution in [3.8, 4) is 0 Å². The van der Waals surface area contributed by atoms with Crippen LogP contribution in [0.2, 0.25) is 0 Å². The van der Waals surface area contributed by atoms with Gasteiger partial charge in [0.15, 0.2) is 0 Å². The molecule has 0 saturated carbocycles. The van der Waals surface area contributed by atoms with Gasteiger partial charge in [0, 0.05) is 21.2 Å². The topological polar surface area (TPSA) is 38.3 Å². The minimum Gasteiger partial charge on any atom is -0.379 e. The summed E-state index contributed by atoms with van der Waals surface area (Å²) < 4.78 is 7.28. The van der Waals surface area contributed by atoms with Crippen LogP contribution in [0.15, 0.2) is 22.7 Å². The number of ether oxygens (including phenoxy) is 1. The van der Waals surface area contributed by atoms with E-state index in [9.17, 15) is 4.79 Å². The predicted molar refractivity (Wildman–Crippen MR) is 84.9 cm³/mol. The van der Waals surface area contributed by atoms with E-state index in [0.29, 0.717) is 18.7 Å². The number of rotatable bonds is 6. The number of nitrogens with one attached hydrogen (secondary N) is 1. The highest BCUT2D eigenvalue weighted by Gasteiger charge is 2.09. The number of amides is 1. The van der Waals surface area contributed by atoms with Crippen molar-refractivity contribution in [3.63, 3.8) is 0 Å². The lowest BCUT2D eigenvalue weighted by atomic mass is 10.2. The molecule has 1 amide bonds. The second-order valence-corrected chi connectivity index (χ2v) is 6.23. The number of hydrogen-bond acceptors (Lipinski definition) is 2. The van der Waals surface area contributed by atoms with E-state index in [1.807, 2.05) is 32.0 Å². The average Bonchev–Trinajstić information content (AvgIpc) is 2.31. The Kier molecular flexibility index (Phi) is 7.18. The van der Waals surface area contributed by atoms with Crippen molar-refractivity contribution >= 4 is 44.4 Å². The third kappa shape index (κ3) is 5.67. The van der Waals surface area contributed by atoms with Gasteiger partial charge in [-0.25, -0.2) is 0 Å². The van der Waals surface area contributed by atoms with E-state index in [4.69, 9.17) is 4.74 Å². The molecule has 1 rings (SSSR count). The minimum atomic E-state index is -0.0368. The van der Waals surface area contributed by atoms with Crippen LogP contribution in [-0.4, -0.2) is 25.2 Å². The van der Waals surface area contributed by atoms with E-state index in [-0.39, 0.29) is 12.0 Å². The predicted octanol–water partition coefficient (Wildman–Crippen LogP) is 3.60. The van der Waals surface area contributed by atoms with E-state index in [1.165, 1.54) is 0 Å². The van der Waals surface area contributed by atoms with Crippen LogP contribution in [0.5, 0.6) is 0 Å². The monoisotopic (exact) mass is 425 g/mol. The van der Waals surface area contributed by atoms with Gasteiger partial charge in [-0.3, -0.25) is 4.79 Å². The number of hydrogen-bond donors (Lipinski definition) is 1. The molecule has 18 heavy (non-hydrogen) atoms. The van der Waals surface area contributed by atoms with Crippen LogP contribution >= 0.6 is 38.5 Å². The smallest absolute Gasteiger partial charge is 0.252 e. The maximum absolute atomic E-state index is 11.9. The van der Waals surface area contributed by atoms with Gasteiger partial charge in [0.1, 0.15) is 0 Å². The summed E-state index contributed by atoms with van der Waals surface area (Å²) >= 11 is 5.53. The first kappa shape index (κ1) is 15.9. The lowest BCUT2D eigenvalue weighted by Gasteiger charge is -2.09. The van der Waals surface area contributed by atoms with Gasteiger partial charge in [-0.1, -0.05) is 15.9 Å². The number of carbonyl (C=O) groups is 1. The first-order valence-corrected chi connectivity index (χ1v) is 7.72. The van der Waals surface area contributed by atoms with E-state index in [0.717, 1.165) is 14.5 Å². The van der Waals surface area contributed by atoms with Crippen LogP contribution in [0.4, 0.5) is 0 Å². The van der Waals surface area contributed by atoms with Crippen molar-refractivity contribution in [3.05, 3.63) is 31.8 Å². The molecule has 0 saturated heterocycles. The van der Waals surface area contributed by atoms with Crippen LogP contribution in [0, 0.1) is 3.57 Å². The molecule has 100 valence electrons. The fraction of sp³-hybridized carbons (Fsp3) is 0.462. The molecule has 0 unspecified atom stereocenters. The van der Waals surface area contributed by atoms with E-state index in [2.05, 4.69) is 43.8 Å². The van der Waals surface area contributed by atoms with Gasteiger partial charge in [-0.2, -0.15) is 0 Å². The molecule has 0 aromatic heterocycles. The molecule has 3 nitrogen and oxygen atoms in total. The van der Waals surface area contributed by atoms with E-state index >= 15 is 0 Å². The molecule has 0 heterocycles. The van der Waals surface area contributed by atoms with Crippen LogP contribution in [-0.2, 0) is 4.74 Å². The Morgan fingerprint density at radius 1 is 1.50 bits per heavy atom. The van der Waals surface area contributed by atoms with Gasteiger partial charge in [-0.15, -0.1) is 0 Å². The van der Waals surface area contributed by atoms with E-state index < -0.39 is 0 Å². The summed E-state index contributed by atoms with van der Waals surface area (Å²) in [6, 6.07) is 5.68. The zero-order valence-electron chi connectivity index (χ0n) is 10.5. The molecule has 1 aromatic carbocycles. The third-order valence-corrected chi connectivity index (χ3v) is 3.66. The highest BCUT2D eigenvalue weighted by atomic mass is 127. The molecular weight excluding hydrogens is 409 g/mol. The van der Waals surface area contributed by atoms with Crippen molar-refractivity contribution < 1.29 is 9.53 Å². The first-order valence-electron chi connectivity index (χ1n) is 5.85. The number of halogens is 2. The standard InChI is InChI=1S/C13H17BrINO2/c1-9(2)18-7-3-6-16-13(17)11-8-10(14)4-5-12(11)15/h4-5,8-9H,3,6-7H2,1-2H3,(H,16,17). The van der Waals surface area contributed by atoms with Gasteiger partial charge in [0.05, 0.1) is 11.7 Å². The van der Waals surface area contributed by atoms with Crippen LogP contribution in [0.25, 0.3) is 0 Å². The van der Waals surface area contributed by atoms with Gasteiger partial charge in [0.25, 0.3) is 5.91 Å². The Balaban J connectivity index is 2.39. The van der Waals surface area contributed by atoms with Crippen LogP contribution in [0.3, 0.4) is 0 Å². The molecule has 0 atom stereocenters. The average molecular weight is 426 g/mol. The minimum absolute atomic E-state index is 0.0368. The van der Waals surface area contributed by atoms with Crippen LogP contribution < -0.4 is 5.32 Å². The van der Waals surface area contributed by atoms with Crippen molar-refractivity contribution in [1.82, 2.24) is 5.32 Å². The first-order chi connectivity index (χ1) is 8.50. The lowest BCUT2D eigenvalue weighted by molar-refractivity contribution is 0.0757. The maximum Gasteiger partial charge on any atom is 0.252 e. The molecule has 1 aromatic rings. The Morgan fingerprint density at radius 3 is 2.89 bits per heavy atom. The highest BCUT2D eigenvalue weighted by molar-refractivity contribution is 14.1. The summed E-state index contributed by atoms with van der Waals surface area (Å²) in [5, 5.41) is 2.90. The largest absolute Gasteiger partial charge is 0.379 e. The van der Waals surface area contributed by atoms with Gasteiger partial charge in [-0.05, 0) is 61.1 Å². The fourth-order valence-electron chi connectivity index (χ4n) is 1.36. The zero-order chi connectivity index (χ0) is 13.5. The molecular formula is C13H17BrINO2. The van der Waals surface area contributed by atoms with Gasteiger partial charge >= 0.3 is 0 Å². The Labute approximate surface area is 130 Å². The lowest BCUT2D eigenvalue weighted by Crippen LogP contribution is -2.26. The zero-order valence-corrected chi connectivity index (χ0v) is 14.2. The third-order valence-electron chi connectivity index (χ3n) is 2.23. The molecule has 1 N–H and O–H groups in total. The summed E-state index contributed by atoms with van der Waals surface area (Å²) in [6.45, 7) is 5.31. The quantitative estimate of drug-likeness (QED) is 0.558. The van der Waals surface area contributed by atoms with Gasteiger partial charge in [0.2, 0.25) is 0 Å². The van der Waals surface area contributed by atoms with Crippen molar-refractivity contribution in [2.24, 2.45) is 0 Å². The van der Waals surface area contributed by atoms with Crippen molar-refractivity contribution in [1.29, 1.82) is 0 Å². The second-order valence-electron chi connectivity index (χ2n) is 4.15. The fourth-order valence-corrected chi connectivity index (χ4v) is 2.30. The summed E-state index contributed by atoms with van der Waals surface area (Å²) in [7, 11) is 0. The SMILES string of the molecule is CC(C)OCCCNC(=O)c1cc(Br)ccc1I. The van der Waals surface area contributed by atoms with Crippen molar-refractivity contribution in [2.45, 2.75) is 26.4 Å².